The number of rotatable bonds is 4. The highest BCUT2D eigenvalue weighted by molar-refractivity contribution is 6.30. The number of nitrogens with zero attached hydrogens (tertiary/aromatic N) is 4. The molecule has 1 aliphatic heterocycles. The minimum atomic E-state index is -0.820. The van der Waals surface area contributed by atoms with E-state index >= 15 is 0 Å². The fourth-order valence-corrected chi connectivity index (χ4v) is 3.24. The van der Waals surface area contributed by atoms with Crippen LogP contribution in [0.25, 0.3) is 0 Å². The van der Waals surface area contributed by atoms with Gasteiger partial charge in [0.15, 0.2) is 5.78 Å². The lowest BCUT2D eigenvalue weighted by atomic mass is 9.89. The number of ether oxygens (including phenoxy) is 1. The van der Waals surface area contributed by atoms with Gasteiger partial charge in [0.1, 0.15) is 17.5 Å². The number of carbonyl (C=O) groups excluding carboxylic acids is 2. The van der Waals surface area contributed by atoms with Crippen molar-refractivity contribution in [3.63, 3.8) is 0 Å². The summed E-state index contributed by atoms with van der Waals surface area (Å²) >= 11 is 5.93. The fraction of sp³-hybridized carbons (Fsp3) is 0.105. The van der Waals surface area contributed by atoms with Crippen LogP contribution in [-0.2, 0) is 9.53 Å². The molecule has 3 aromatic rings. The molecule has 2 aromatic carbocycles. The monoisotopic (exact) mass is 411 g/mol. The van der Waals surface area contributed by atoms with Gasteiger partial charge < -0.3 is 15.2 Å². The smallest absolute Gasteiger partial charge is 0.355 e. The zero-order valence-corrected chi connectivity index (χ0v) is 15.8. The van der Waals surface area contributed by atoms with E-state index in [1.165, 1.54) is 23.9 Å². The first-order chi connectivity index (χ1) is 14.0. The molecule has 0 unspecified atom stereocenters. The van der Waals surface area contributed by atoms with Gasteiger partial charge in [0.05, 0.1) is 12.7 Å². The quantitative estimate of drug-likeness (QED) is 0.496. The maximum atomic E-state index is 13.4. The summed E-state index contributed by atoms with van der Waals surface area (Å²) in [6, 6.07) is 11.7. The van der Waals surface area contributed by atoms with Crippen molar-refractivity contribution in [2.24, 2.45) is 0 Å². The minimum absolute atomic E-state index is 0.0578. The molecule has 0 saturated carbocycles. The molecule has 2 heterocycles. The number of allylic oxidation sites excluding steroid dienone is 1. The molecule has 1 atom stereocenters. The van der Waals surface area contributed by atoms with Gasteiger partial charge in [-0.15, -0.1) is 0 Å². The zero-order chi connectivity index (χ0) is 20.5. The Morgan fingerprint density at radius 1 is 1.14 bits per heavy atom. The van der Waals surface area contributed by atoms with Gasteiger partial charge in [-0.1, -0.05) is 28.8 Å². The van der Waals surface area contributed by atoms with Gasteiger partial charge >= 0.3 is 5.97 Å². The molecule has 10 heteroatoms. The number of aromatic nitrogens is 4. The van der Waals surface area contributed by atoms with Gasteiger partial charge in [-0.05, 0) is 52.4 Å². The zero-order valence-electron chi connectivity index (χ0n) is 15.0. The average Bonchev–Trinajstić information content (AvgIpc) is 3.21. The fourth-order valence-electron chi connectivity index (χ4n) is 3.11. The number of benzene rings is 2. The average molecular weight is 412 g/mol. The number of hydrogen-bond donors (Lipinski definition) is 2. The number of aromatic hydroxyl groups is 1. The Hall–Kier alpha value is -3.72. The van der Waals surface area contributed by atoms with E-state index in [1.807, 2.05) is 0 Å². The van der Waals surface area contributed by atoms with Crippen LogP contribution in [0.1, 0.15) is 22.0 Å². The first-order valence-corrected chi connectivity index (χ1v) is 8.84. The number of esters is 1. The first-order valence-electron chi connectivity index (χ1n) is 8.46. The van der Waals surface area contributed by atoms with Crippen LogP contribution in [0.2, 0.25) is 5.02 Å². The standard InChI is InChI=1S/C19H14ClN5O4/c1-29-18(28)15-14(17(27)11-2-6-12(20)7-3-11)16(10-4-8-13(26)9-5-10)25-19(21-15)22-23-24-25/h2-9,16,26H,1H3,(H,21,22,24)/t16-/m1/s1. The highest BCUT2D eigenvalue weighted by atomic mass is 35.5. The molecular weight excluding hydrogens is 398 g/mol. The normalized spacial score (nSPS) is 15.4. The third-order valence-corrected chi connectivity index (χ3v) is 4.72. The number of methoxy groups -OCH3 is 1. The molecule has 0 radical (unpaired) electrons. The number of anilines is 1. The van der Waals surface area contributed by atoms with Gasteiger partial charge in [0, 0.05) is 10.6 Å². The molecule has 0 saturated heterocycles. The highest BCUT2D eigenvalue weighted by Gasteiger charge is 2.38. The van der Waals surface area contributed by atoms with Crippen LogP contribution in [0.4, 0.5) is 5.95 Å². The molecule has 1 aromatic heterocycles. The number of halogens is 1. The molecule has 9 nitrogen and oxygen atoms in total. The third kappa shape index (κ3) is 3.32. The maximum Gasteiger partial charge on any atom is 0.355 e. The second-order valence-corrected chi connectivity index (χ2v) is 6.62. The van der Waals surface area contributed by atoms with Crippen molar-refractivity contribution >= 4 is 29.3 Å². The van der Waals surface area contributed by atoms with Crippen LogP contribution < -0.4 is 5.32 Å². The lowest BCUT2D eigenvalue weighted by Crippen LogP contribution is -2.32. The van der Waals surface area contributed by atoms with E-state index in [0.29, 0.717) is 16.1 Å². The number of carbonyl (C=O) groups is 2. The lowest BCUT2D eigenvalue weighted by molar-refractivity contribution is -0.136. The lowest BCUT2D eigenvalue weighted by Gasteiger charge is -2.28. The number of ketones is 1. The predicted octanol–water partition coefficient (Wildman–Crippen LogP) is 2.36. The van der Waals surface area contributed by atoms with Gasteiger partial charge in [-0.25, -0.2) is 4.79 Å². The number of phenolic OH excluding ortho intramolecular Hbond substituents is 1. The number of fused-ring (bicyclic) bond motifs is 1. The van der Waals surface area contributed by atoms with Crippen molar-refractivity contribution in [3.8, 4) is 5.75 Å². The Kier molecular flexibility index (Phi) is 4.73. The Morgan fingerprint density at radius 3 is 2.48 bits per heavy atom. The topological polar surface area (TPSA) is 119 Å². The second kappa shape index (κ2) is 7.36. The van der Waals surface area contributed by atoms with Crippen LogP contribution in [-0.4, -0.2) is 44.2 Å². The summed E-state index contributed by atoms with van der Waals surface area (Å²) in [5, 5.41) is 24.4. The Bertz CT molecular complexity index is 1120. The molecule has 0 aliphatic carbocycles. The van der Waals surface area contributed by atoms with E-state index < -0.39 is 17.8 Å². The number of phenols is 1. The number of Topliss-reactive ketones (excluding diaryl/α,β-unsaturated/α-hetero) is 1. The van der Waals surface area contributed by atoms with Gasteiger partial charge in [0.2, 0.25) is 5.95 Å². The summed E-state index contributed by atoms with van der Waals surface area (Å²) < 4.78 is 6.26. The van der Waals surface area contributed by atoms with Crippen molar-refractivity contribution in [2.75, 3.05) is 12.4 Å². The van der Waals surface area contributed by atoms with Crippen LogP contribution >= 0.6 is 11.6 Å². The summed E-state index contributed by atoms with van der Waals surface area (Å²) in [4.78, 5) is 25.9. The number of tetrazole rings is 1. The molecule has 4 rings (SSSR count). The third-order valence-electron chi connectivity index (χ3n) is 4.47. The van der Waals surface area contributed by atoms with Crippen molar-refractivity contribution in [1.82, 2.24) is 20.2 Å². The van der Waals surface area contributed by atoms with E-state index in [2.05, 4.69) is 20.8 Å². The summed E-state index contributed by atoms with van der Waals surface area (Å²) in [6.45, 7) is 0. The number of nitrogens with one attached hydrogen (secondary N) is 1. The second-order valence-electron chi connectivity index (χ2n) is 6.18. The van der Waals surface area contributed by atoms with Gasteiger partial charge in [-0.3, -0.25) is 4.79 Å². The summed E-state index contributed by atoms with van der Waals surface area (Å²) in [5.74, 6) is -0.923. The van der Waals surface area contributed by atoms with Crippen LogP contribution in [0.15, 0.2) is 59.8 Å². The molecule has 2 N–H and O–H groups in total. The van der Waals surface area contributed by atoms with E-state index in [4.69, 9.17) is 16.3 Å². The summed E-state index contributed by atoms with van der Waals surface area (Å²) in [7, 11) is 1.22. The molecule has 0 spiro atoms. The summed E-state index contributed by atoms with van der Waals surface area (Å²) in [6.07, 6.45) is 0. The Balaban J connectivity index is 1.94. The largest absolute Gasteiger partial charge is 0.508 e. The van der Waals surface area contributed by atoms with E-state index in [1.54, 1.807) is 36.4 Å². The van der Waals surface area contributed by atoms with Crippen molar-refractivity contribution in [3.05, 3.63) is 76.0 Å². The van der Waals surface area contributed by atoms with E-state index in [-0.39, 0.29) is 23.0 Å². The minimum Gasteiger partial charge on any atom is -0.508 e. The first kappa shape index (κ1) is 18.6. The molecule has 29 heavy (non-hydrogen) atoms. The number of hydrogen-bond acceptors (Lipinski definition) is 8. The maximum absolute atomic E-state index is 13.4. The SMILES string of the molecule is COC(=O)C1=C(C(=O)c2ccc(Cl)cc2)[C@@H](c2ccc(O)cc2)n2nnnc2N1. The molecule has 1 aliphatic rings. The van der Waals surface area contributed by atoms with Gasteiger partial charge in [0.25, 0.3) is 0 Å². The molecule has 0 amide bonds. The van der Waals surface area contributed by atoms with Crippen molar-refractivity contribution in [1.29, 1.82) is 0 Å². The molecular formula is C19H14ClN5O4. The highest BCUT2D eigenvalue weighted by Crippen LogP contribution is 2.37. The van der Waals surface area contributed by atoms with Crippen LogP contribution in [0.3, 0.4) is 0 Å². The van der Waals surface area contributed by atoms with E-state index in [9.17, 15) is 14.7 Å². The van der Waals surface area contributed by atoms with E-state index in [0.717, 1.165) is 0 Å². The molecule has 0 bridgehead atoms. The van der Waals surface area contributed by atoms with Crippen molar-refractivity contribution in [2.45, 2.75) is 6.04 Å². The summed E-state index contributed by atoms with van der Waals surface area (Å²) in [5.41, 5.74) is 0.960. The molecule has 0 fully saturated rings. The van der Waals surface area contributed by atoms with Crippen molar-refractivity contribution < 1.29 is 19.4 Å². The molecule has 146 valence electrons. The van der Waals surface area contributed by atoms with Crippen LogP contribution in [0.5, 0.6) is 5.75 Å². The van der Waals surface area contributed by atoms with Crippen LogP contribution in [0, 0.1) is 0 Å². The Labute approximate surface area is 169 Å². The predicted molar refractivity (Wildman–Crippen MR) is 103 cm³/mol. The van der Waals surface area contributed by atoms with Gasteiger partial charge in [-0.2, -0.15) is 4.68 Å². The Morgan fingerprint density at radius 2 is 1.83 bits per heavy atom.